The van der Waals surface area contributed by atoms with E-state index in [9.17, 15) is 18.0 Å². The molecule has 2 aliphatic rings. The molecule has 10 nitrogen and oxygen atoms in total. The number of amidine groups is 2. The fourth-order valence-corrected chi connectivity index (χ4v) is 6.10. The van der Waals surface area contributed by atoms with Crippen LogP contribution in [0.25, 0.3) is 10.2 Å². The van der Waals surface area contributed by atoms with E-state index < -0.39 is 12.0 Å². The van der Waals surface area contributed by atoms with Crippen molar-refractivity contribution >= 4 is 50.9 Å². The lowest BCUT2D eigenvalue weighted by atomic mass is 10.2. The van der Waals surface area contributed by atoms with Gasteiger partial charge in [0.15, 0.2) is 0 Å². The van der Waals surface area contributed by atoms with Gasteiger partial charge in [-0.15, -0.1) is 11.3 Å². The number of hydrogen-bond acceptors (Lipinski definition) is 9. The number of anilines is 2. The number of alkyl halides is 3. The number of thiophene rings is 1. The number of halogens is 3. The molecule has 0 bridgehead atoms. The Morgan fingerprint density at radius 2 is 2.02 bits per heavy atom. The first-order valence-corrected chi connectivity index (χ1v) is 13.9. The van der Waals surface area contributed by atoms with Gasteiger partial charge in [0.25, 0.3) is 0 Å². The Morgan fingerprint density at radius 3 is 2.73 bits per heavy atom. The van der Waals surface area contributed by atoms with Gasteiger partial charge in [0, 0.05) is 49.0 Å². The minimum Gasteiger partial charge on any atom is -0.351 e. The molecule has 40 heavy (non-hydrogen) atoms. The van der Waals surface area contributed by atoms with Crippen LogP contribution in [-0.2, 0) is 17.6 Å². The van der Waals surface area contributed by atoms with Crippen LogP contribution in [0.1, 0.15) is 30.3 Å². The van der Waals surface area contributed by atoms with Gasteiger partial charge in [-0.25, -0.2) is 4.98 Å². The van der Waals surface area contributed by atoms with E-state index in [-0.39, 0.29) is 43.8 Å². The van der Waals surface area contributed by atoms with Crippen molar-refractivity contribution in [3.05, 3.63) is 41.0 Å². The van der Waals surface area contributed by atoms with Crippen LogP contribution in [0.15, 0.2) is 30.5 Å². The highest BCUT2D eigenvalue weighted by atomic mass is 32.1. The predicted octanol–water partition coefficient (Wildman–Crippen LogP) is 3.62. The number of hydrogen-bond donors (Lipinski definition) is 3. The van der Waals surface area contributed by atoms with E-state index in [4.69, 9.17) is 20.8 Å². The van der Waals surface area contributed by atoms with Gasteiger partial charge in [0.05, 0.1) is 18.4 Å². The first-order chi connectivity index (χ1) is 19.1. The number of pyridine rings is 1. The van der Waals surface area contributed by atoms with Crippen molar-refractivity contribution in [1.82, 2.24) is 25.2 Å². The number of aryl methyl sites for hydroxylation is 1. The van der Waals surface area contributed by atoms with Crippen LogP contribution in [0.5, 0.6) is 0 Å². The van der Waals surface area contributed by atoms with E-state index in [2.05, 4.69) is 17.2 Å². The van der Waals surface area contributed by atoms with Gasteiger partial charge in [-0.05, 0) is 31.0 Å². The summed E-state index contributed by atoms with van der Waals surface area (Å²) in [6, 6.07) is 7.40. The Bertz CT molecular complexity index is 1410. The normalized spacial score (nSPS) is 18.1. The molecule has 5 heterocycles. The molecule has 0 saturated carbocycles. The molecular formula is C26H30F3N9OS. The molecule has 0 unspecified atom stereocenters. The Morgan fingerprint density at radius 1 is 1.20 bits per heavy atom. The average molecular weight is 574 g/mol. The third-order valence-corrected chi connectivity index (χ3v) is 8.00. The van der Waals surface area contributed by atoms with E-state index in [1.807, 2.05) is 23.1 Å². The Balaban J connectivity index is 1.35. The summed E-state index contributed by atoms with van der Waals surface area (Å²) in [5.41, 5.74) is 0.699. The fourth-order valence-electron chi connectivity index (χ4n) is 4.98. The number of carbonyl (C=O) groups excluding carboxylic acids is 1. The zero-order chi connectivity index (χ0) is 28.4. The van der Waals surface area contributed by atoms with Gasteiger partial charge < -0.3 is 20.0 Å². The molecule has 0 spiro atoms. The lowest BCUT2D eigenvalue weighted by Gasteiger charge is -2.37. The van der Waals surface area contributed by atoms with E-state index in [0.717, 1.165) is 34.4 Å². The quantitative estimate of drug-likeness (QED) is 0.291. The Hall–Kier alpha value is -3.81. The second kappa shape index (κ2) is 11.4. The zero-order valence-corrected chi connectivity index (χ0v) is 22.8. The van der Waals surface area contributed by atoms with E-state index in [1.165, 1.54) is 0 Å². The summed E-state index contributed by atoms with van der Waals surface area (Å²) >= 11 is 1.57. The van der Waals surface area contributed by atoms with Gasteiger partial charge in [-0.2, -0.15) is 18.2 Å². The molecule has 3 N–H and O–H groups in total. The van der Waals surface area contributed by atoms with Gasteiger partial charge >= 0.3 is 6.18 Å². The van der Waals surface area contributed by atoms with Gasteiger partial charge in [0.2, 0.25) is 17.7 Å². The van der Waals surface area contributed by atoms with Gasteiger partial charge in [-0.1, -0.05) is 19.4 Å². The van der Waals surface area contributed by atoms with E-state index >= 15 is 0 Å². The summed E-state index contributed by atoms with van der Waals surface area (Å²) < 4.78 is 39.4. The Kier molecular flexibility index (Phi) is 7.88. The number of aromatic nitrogens is 3. The molecule has 5 rings (SSSR count). The molecule has 2 aliphatic heterocycles. The lowest BCUT2D eigenvalue weighted by molar-refractivity contribution is -0.121. The topological polar surface area (TPSA) is 125 Å². The molecule has 1 amide bonds. The molecule has 3 aromatic heterocycles. The standard InChI is InChI=1S/C26H30F3N9OS/c1-2-5-18-13-19-22(36-10-11-38(20(30)15-36)24(31)26(27,28)29)34-25(35-23(19)40-18)37-9-7-17(14-37)33-21(39)12-16-6-3-4-8-32-16/h3-4,6,8,13,17,30-31H,2,5,7,9-12,14-15H2,1H3,(H,33,39)/t17-/m0/s1. The van der Waals surface area contributed by atoms with Crippen molar-refractivity contribution in [2.24, 2.45) is 0 Å². The highest BCUT2D eigenvalue weighted by Crippen LogP contribution is 2.35. The average Bonchev–Trinajstić information content (AvgIpc) is 3.54. The van der Waals surface area contributed by atoms with Crippen molar-refractivity contribution in [2.45, 2.75) is 44.8 Å². The molecule has 3 aromatic rings. The van der Waals surface area contributed by atoms with Gasteiger partial charge in [-0.3, -0.25) is 20.6 Å². The summed E-state index contributed by atoms with van der Waals surface area (Å²) in [6.45, 7) is 3.19. The van der Waals surface area contributed by atoms with Gasteiger partial charge in [0.1, 0.15) is 16.5 Å². The highest BCUT2D eigenvalue weighted by Gasteiger charge is 2.41. The van der Waals surface area contributed by atoms with Crippen LogP contribution in [0.2, 0.25) is 0 Å². The molecule has 0 radical (unpaired) electrons. The van der Waals surface area contributed by atoms with Crippen LogP contribution < -0.4 is 15.1 Å². The predicted molar refractivity (Wildman–Crippen MR) is 149 cm³/mol. The summed E-state index contributed by atoms with van der Waals surface area (Å²) in [5.74, 6) is -0.872. The van der Waals surface area contributed by atoms with E-state index in [0.29, 0.717) is 35.4 Å². The van der Waals surface area contributed by atoms with Crippen molar-refractivity contribution in [3.63, 3.8) is 0 Å². The van der Waals surface area contributed by atoms with Crippen LogP contribution >= 0.6 is 11.3 Å². The first kappa shape index (κ1) is 27.7. The molecule has 2 saturated heterocycles. The van der Waals surface area contributed by atoms with Crippen molar-refractivity contribution < 1.29 is 18.0 Å². The second-order valence-electron chi connectivity index (χ2n) is 9.89. The van der Waals surface area contributed by atoms with Crippen LogP contribution in [0, 0.1) is 10.8 Å². The van der Waals surface area contributed by atoms with Crippen LogP contribution in [-0.4, -0.2) is 82.4 Å². The smallest absolute Gasteiger partial charge is 0.351 e. The molecule has 0 aromatic carbocycles. The number of amides is 1. The second-order valence-corrected chi connectivity index (χ2v) is 11.0. The maximum Gasteiger partial charge on any atom is 0.449 e. The lowest BCUT2D eigenvalue weighted by Crippen LogP contribution is -2.55. The zero-order valence-electron chi connectivity index (χ0n) is 22.0. The number of nitrogens with one attached hydrogen (secondary N) is 3. The van der Waals surface area contributed by atoms with Crippen molar-refractivity contribution in [1.29, 1.82) is 10.8 Å². The molecule has 212 valence electrons. The first-order valence-electron chi connectivity index (χ1n) is 13.1. The van der Waals surface area contributed by atoms with Crippen LogP contribution in [0.4, 0.5) is 24.9 Å². The van der Waals surface area contributed by atoms with Crippen molar-refractivity contribution in [2.75, 3.05) is 42.5 Å². The molecule has 14 heteroatoms. The summed E-state index contributed by atoms with van der Waals surface area (Å²) in [4.78, 5) is 32.9. The summed E-state index contributed by atoms with van der Waals surface area (Å²) in [6.07, 6.45) is -0.412. The molecule has 0 aliphatic carbocycles. The SMILES string of the molecule is CCCc1cc2c(N3CCN(C(=N)C(F)(F)F)C(=N)C3)nc(N3CC[C@H](NC(=O)Cc4ccccn4)C3)nc2s1. The number of carbonyl (C=O) groups is 1. The maximum atomic E-state index is 13.1. The number of nitrogens with zero attached hydrogens (tertiary/aromatic N) is 6. The minimum atomic E-state index is -4.81. The monoisotopic (exact) mass is 573 g/mol. The highest BCUT2D eigenvalue weighted by molar-refractivity contribution is 7.18. The third kappa shape index (κ3) is 6.01. The molecular weight excluding hydrogens is 543 g/mol. The summed E-state index contributed by atoms with van der Waals surface area (Å²) in [7, 11) is 0. The molecule has 2 fully saturated rings. The number of fused-ring (bicyclic) bond motifs is 1. The maximum absolute atomic E-state index is 13.1. The Labute approximate surface area is 233 Å². The third-order valence-electron chi connectivity index (χ3n) is 6.91. The minimum absolute atomic E-state index is 0.0805. The number of rotatable bonds is 7. The summed E-state index contributed by atoms with van der Waals surface area (Å²) in [5, 5.41) is 19.6. The van der Waals surface area contributed by atoms with Crippen LogP contribution in [0.3, 0.4) is 0 Å². The number of piperazine rings is 1. The largest absolute Gasteiger partial charge is 0.449 e. The van der Waals surface area contributed by atoms with Crippen molar-refractivity contribution in [3.8, 4) is 0 Å². The van der Waals surface area contributed by atoms with E-state index in [1.54, 1.807) is 28.5 Å². The fraction of sp³-hybridized carbons (Fsp3) is 0.462. The molecule has 1 atom stereocenters.